The van der Waals surface area contributed by atoms with Crippen LogP contribution in [0.25, 0.3) is 0 Å². The highest BCUT2D eigenvalue weighted by Crippen LogP contribution is 2.25. The Morgan fingerprint density at radius 3 is 3.06 bits per heavy atom. The zero-order valence-corrected chi connectivity index (χ0v) is 10.6. The quantitative estimate of drug-likeness (QED) is 0.793. The Labute approximate surface area is 103 Å². The van der Waals surface area contributed by atoms with Crippen molar-refractivity contribution in [2.45, 2.75) is 45.1 Å². The van der Waals surface area contributed by atoms with Crippen molar-refractivity contribution in [3.05, 3.63) is 0 Å². The summed E-state index contributed by atoms with van der Waals surface area (Å²) >= 11 is 0. The number of fused-ring (bicyclic) bond motifs is 1. The normalized spacial score (nSPS) is 29.6. The van der Waals surface area contributed by atoms with E-state index in [0.29, 0.717) is 37.1 Å². The number of Topliss-reactive ketones (excluding diaryl/α,β-unsaturated/α-hetero) is 1. The first-order valence-electron chi connectivity index (χ1n) is 6.72. The van der Waals surface area contributed by atoms with Gasteiger partial charge in [-0.05, 0) is 25.2 Å². The van der Waals surface area contributed by atoms with Gasteiger partial charge in [-0.3, -0.25) is 14.5 Å². The minimum atomic E-state index is 0.196. The molecule has 0 spiro atoms. The molecule has 17 heavy (non-hydrogen) atoms. The summed E-state index contributed by atoms with van der Waals surface area (Å²) in [5.74, 6) is 1.10. The monoisotopic (exact) mass is 238 g/mol. The summed E-state index contributed by atoms with van der Waals surface area (Å²) in [6.45, 7) is 4.56. The fourth-order valence-electron chi connectivity index (χ4n) is 2.94. The van der Waals surface area contributed by atoms with E-state index in [4.69, 9.17) is 0 Å². The van der Waals surface area contributed by atoms with E-state index in [-0.39, 0.29) is 5.91 Å². The van der Waals surface area contributed by atoms with Crippen LogP contribution in [0.1, 0.15) is 39.0 Å². The van der Waals surface area contributed by atoms with Gasteiger partial charge in [0, 0.05) is 32.0 Å². The Kier molecular flexibility index (Phi) is 4.15. The lowest BCUT2D eigenvalue weighted by Crippen LogP contribution is -2.54. The molecule has 4 heteroatoms. The van der Waals surface area contributed by atoms with Gasteiger partial charge in [-0.1, -0.05) is 6.92 Å². The molecule has 0 bridgehead atoms. The number of nitrogens with one attached hydrogen (secondary N) is 1. The van der Waals surface area contributed by atoms with E-state index in [1.165, 1.54) is 0 Å². The summed E-state index contributed by atoms with van der Waals surface area (Å²) < 4.78 is 0. The first-order valence-corrected chi connectivity index (χ1v) is 6.72. The Hall–Kier alpha value is -0.900. The van der Waals surface area contributed by atoms with E-state index < -0.39 is 0 Å². The molecule has 2 aliphatic heterocycles. The third-order valence-electron chi connectivity index (χ3n) is 3.84. The molecule has 0 aromatic heterocycles. The Morgan fingerprint density at radius 1 is 1.47 bits per heavy atom. The molecule has 4 nitrogen and oxygen atoms in total. The average molecular weight is 238 g/mol. The Balaban J connectivity index is 1.81. The second-order valence-corrected chi connectivity index (χ2v) is 5.29. The van der Waals surface area contributed by atoms with Gasteiger partial charge in [0.1, 0.15) is 5.78 Å². The molecule has 96 valence electrons. The highest BCUT2D eigenvalue weighted by Gasteiger charge is 2.33. The van der Waals surface area contributed by atoms with Gasteiger partial charge in [-0.15, -0.1) is 0 Å². The number of nitrogens with zero attached hydrogens (tertiary/aromatic N) is 1. The van der Waals surface area contributed by atoms with Crippen molar-refractivity contribution in [1.82, 2.24) is 10.2 Å². The zero-order chi connectivity index (χ0) is 12.3. The average Bonchev–Trinajstić information content (AvgIpc) is 2.29. The summed E-state index contributed by atoms with van der Waals surface area (Å²) in [6, 6.07) is 0.355. The largest absolute Gasteiger partial charge is 0.353 e. The van der Waals surface area contributed by atoms with Crippen LogP contribution in [0.15, 0.2) is 0 Å². The highest BCUT2D eigenvalue weighted by atomic mass is 16.1. The smallest absolute Gasteiger partial charge is 0.220 e. The van der Waals surface area contributed by atoms with Gasteiger partial charge in [0.05, 0.1) is 6.54 Å². The Morgan fingerprint density at radius 2 is 2.29 bits per heavy atom. The number of carbonyl (C=O) groups excluding carboxylic acids is 2. The molecule has 0 aromatic rings. The van der Waals surface area contributed by atoms with Crippen LogP contribution < -0.4 is 5.32 Å². The first-order chi connectivity index (χ1) is 8.19. The number of amides is 1. The molecule has 0 aliphatic carbocycles. The van der Waals surface area contributed by atoms with Gasteiger partial charge < -0.3 is 5.32 Å². The van der Waals surface area contributed by atoms with E-state index in [1.807, 2.05) is 6.92 Å². The molecule has 1 N–H and O–H groups in total. The summed E-state index contributed by atoms with van der Waals surface area (Å²) in [5.41, 5.74) is 0. The fourth-order valence-corrected chi connectivity index (χ4v) is 2.94. The van der Waals surface area contributed by atoms with Crippen LogP contribution in [-0.2, 0) is 9.59 Å². The second-order valence-electron chi connectivity index (χ2n) is 5.29. The molecule has 2 atom stereocenters. The van der Waals surface area contributed by atoms with Crippen LogP contribution in [0.5, 0.6) is 0 Å². The molecule has 2 fully saturated rings. The van der Waals surface area contributed by atoms with Crippen molar-refractivity contribution in [2.24, 2.45) is 5.92 Å². The summed E-state index contributed by atoms with van der Waals surface area (Å²) in [6.07, 6.45) is 4.26. The number of piperidine rings is 2. The van der Waals surface area contributed by atoms with Crippen LogP contribution in [0.4, 0.5) is 0 Å². The van der Waals surface area contributed by atoms with Crippen LogP contribution in [0.2, 0.25) is 0 Å². The van der Waals surface area contributed by atoms with Crippen molar-refractivity contribution in [3.63, 3.8) is 0 Å². The lowest BCUT2D eigenvalue weighted by atomic mass is 9.85. The van der Waals surface area contributed by atoms with Gasteiger partial charge in [0.2, 0.25) is 5.91 Å². The maximum atomic E-state index is 11.6. The van der Waals surface area contributed by atoms with E-state index >= 15 is 0 Å². The fraction of sp³-hybridized carbons (Fsp3) is 0.846. The minimum Gasteiger partial charge on any atom is -0.353 e. The van der Waals surface area contributed by atoms with Gasteiger partial charge in [-0.2, -0.15) is 0 Å². The van der Waals surface area contributed by atoms with Gasteiger partial charge in [-0.25, -0.2) is 0 Å². The predicted molar refractivity (Wildman–Crippen MR) is 65.6 cm³/mol. The summed E-state index contributed by atoms with van der Waals surface area (Å²) in [7, 11) is 0. The number of rotatable bonds is 4. The third-order valence-corrected chi connectivity index (χ3v) is 3.84. The van der Waals surface area contributed by atoms with Crippen molar-refractivity contribution < 1.29 is 9.59 Å². The van der Waals surface area contributed by atoms with E-state index in [2.05, 4.69) is 10.2 Å². The van der Waals surface area contributed by atoms with Gasteiger partial charge in [0.25, 0.3) is 0 Å². The number of hydrogen-bond acceptors (Lipinski definition) is 3. The Bertz CT molecular complexity index is 304. The van der Waals surface area contributed by atoms with Crippen molar-refractivity contribution in [1.29, 1.82) is 0 Å². The van der Waals surface area contributed by atoms with Crippen molar-refractivity contribution in [2.75, 3.05) is 19.6 Å². The molecular formula is C13H22N2O2. The summed E-state index contributed by atoms with van der Waals surface area (Å²) in [4.78, 5) is 25.2. The molecule has 2 unspecified atom stereocenters. The molecule has 1 amide bonds. The van der Waals surface area contributed by atoms with Gasteiger partial charge >= 0.3 is 0 Å². The minimum absolute atomic E-state index is 0.196. The standard InChI is InChI=1S/C13H22N2O2/c1-2-3-11(16)9-15-7-6-12-10(8-15)4-5-13(17)14-12/h10,12H,2-9H2,1H3,(H,14,17). The second kappa shape index (κ2) is 5.63. The van der Waals surface area contributed by atoms with Crippen LogP contribution in [0, 0.1) is 5.92 Å². The molecule has 0 saturated carbocycles. The molecule has 0 aromatic carbocycles. The summed E-state index contributed by atoms with van der Waals surface area (Å²) in [5, 5.41) is 3.07. The number of carbonyl (C=O) groups is 2. The van der Waals surface area contributed by atoms with Crippen LogP contribution in [0.3, 0.4) is 0 Å². The topological polar surface area (TPSA) is 49.4 Å². The molecule has 2 heterocycles. The maximum Gasteiger partial charge on any atom is 0.220 e. The molecule has 2 rings (SSSR count). The third kappa shape index (κ3) is 3.28. The maximum absolute atomic E-state index is 11.6. The zero-order valence-electron chi connectivity index (χ0n) is 10.6. The van der Waals surface area contributed by atoms with E-state index in [0.717, 1.165) is 32.4 Å². The number of hydrogen-bond donors (Lipinski definition) is 1. The lowest BCUT2D eigenvalue weighted by molar-refractivity contribution is -0.126. The lowest BCUT2D eigenvalue weighted by Gasteiger charge is -2.41. The molecule has 2 aliphatic rings. The molecular weight excluding hydrogens is 216 g/mol. The van der Waals surface area contributed by atoms with E-state index in [1.54, 1.807) is 0 Å². The SMILES string of the molecule is CCCC(=O)CN1CCC2NC(=O)CCC2C1. The first kappa shape index (κ1) is 12.6. The van der Waals surface area contributed by atoms with Crippen molar-refractivity contribution in [3.8, 4) is 0 Å². The predicted octanol–water partition coefficient (Wildman–Crippen LogP) is 0.956. The van der Waals surface area contributed by atoms with Crippen LogP contribution >= 0.6 is 0 Å². The number of ketones is 1. The van der Waals surface area contributed by atoms with Crippen molar-refractivity contribution >= 4 is 11.7 Å². The molecule has 0 radical (unpaired) electrons. The van der Waals surface area contributed by atoms with Crippen LogP contribution in [-0.4, -0.2) is 42.3 Å². The number of likely N-dealkylation sites (tertiary alicyclic amines) is 1. The molecule has 2 saturated heterocycles. The van der Waals surface area contributed by atoms with E-state index in [9.17, 15) is 9.59 Å². The van der Waals surface area contributed by atoms with Gasteiger partial charge in [0.15, 0.2) is 0 Å². The highest BCUT2D eigenvalue weighted by molar-refractivity contribution is 5.80.